The zero-order chi connectivity index (χ0) is 14.7. The van der Waals surface area contributed by atoms with Crippen LogP contribution in [0.4, 0.5) is 5.69 Å². The van der Waals surface area contributed by atoms with Crippen molar-refractivity contribution in [1.82, 2.24) is 15.2 Å². The molecule has 0 unspecified atom stereocenters. The molecule has 0 bridgehead atoms. The van der Waals surface area contributed by atoms with Crippen LogP contribution in [0.5, 0.6) is 0 Å². The predicted molar refractivity (Wildman–Crippen MR) is 84.4 cm³/mol. The molecule has 2 aromatic rings. The fourth-order valence-corrected chi connectivity index (χ4v) is 2.75. The fourth-order valence-electron chi connectivity index (χ4n) is 2.18. The van der Waals surface area contributed by atoms with Gasteiger partial charge in [0.1, 0.15) is 5.82 Å². The van der Waals surface area contributed by atoms with Crippen molar-refractivity contribution in [3.63, 3.8) is 0 Å². The summed E-state index contributed by atoms with van der Waals surface area (Å²) in [7, 11) is 0. The molecule has 0 spiro atoms. The minimum Gasteiger partial charge on any atom is -0.325 e. The van der Waals surface area contributed by atoms with Gasteiger partial charge in [-0.15, -0.1) is 0 Å². The highest BCUT2D eigenvalue weighted by molar-refractivity contribution is 7.97. The minimum absolute atomic E-state index is 0.0675. The van der Waals surface area contributed by atoms with E-state index in [0.29, 0.717) is 11.7 Å². The maximum atomic E-state index is 12.1. The highest BCUT2D eigenvalue weighted by Gasteiger charge is 2.27. The molecule has 5 nitrogen and oxygen atoms in total. The monoisotopic (exact) mass is 302 g/mol. The molecular weight excluding hydrogens is 284 g/mol. The van der Waals surface area contributed by atoms with E-state index in [4.69, 9.17) is 0 Å². The van der Waals surface area contributed by atoms with Crippen LogP contribution in [0.25, 0.3) is 0 Å². The molecule has 0 aliphatic heterocycles. The van der Waals surface area contributed by atoms with Crippen molar-refractivity contribution in [2.24, 2.45) is 0 Å². The molecule has 1 saturated carbocycles. The van der Waals surface area contributed by atoms with Gasteiger partial charge in [-0.05, 0) is 30.7 Å². The molecule has 1 aromatic heterocycles. The molecule has 3 rings (SSSR count). The largest absolute Gasteiger partial charge is 0.325 e. The number of carbonyl (C=O) groups is 1. The summed E-state index contributed by atoms with van der Waals surface area (Å²) in [5.74, 6) is 2.80. The molecule has 6 heteroatoms. The van der Waals surface area contributed by atoms with E-state index in [2.05, 4.69) is 20.5 Å². The molecule has 1 fully saturated rings. The first-order valence-electron chi connectivity index (χ1n) is 7.04. The molecule has 1 aliphatic rings. The summed E-state index contributed by atoms with van der Waals surface area (Å²) in [6.45, 7) is 0. The third kappa shape index (κ3) is 3.64. The van der Waals surface area contributed by atoms with Gasteiger partial charge in [0.05, 0.1) is 6.42 Å². The average Bonchev–Trinajstić information content (AvgIpc) is 3.22. The lowest BCUT2D eigenvalue weighted by Crippen LogP contribution is -2.16. The molecule has 110 valence electrons. The van der Waals surface area contributed by atoms with Gasteiger partial charge in [-0.3, -0.25) is 9.89 Å². The van der Waals surface area contributed by atoms with Gasteiger partial charge in [0.25, 0.3) is 0 Å². The summed E-state index contributed by atoms with van der Waals surface area (Å²) in [6, 6.07) is 7.88. The summed E-state index contributed by atoms with van der Waals surface area (Å²) in [4.78, 5) is 16.5. The van der Waals surface area contributed by atoms with E-state index < -0.39 is 0 Å². The number of aromatic nitrogens is 3. The van der Waals surface area contributed by atoms with Crippen molar-refractivity contribution in [3.8, 4) is 0 Å². The quantitative estimate of drug-likeness (QED) is 0.860. The van der Waals surface area contributed by atoms with E-state index in [0.717, 1.165) is 35.7 Å². The highest BCUT2D eigenvalue weighted by Crippen LogP contribution is 2.37. The van der Waals surface area contributed by atoms with E-state index in [1.54, 1.807) is 11.8 Å². The number of thioether (sulfide) groups is 1. The van der Waals surface area contributed by atoms with Crippen molar-refractivity contribution < 1.29 is 4.79 Å². The molecule has 1 heterocycles. The molecule has 1 aliphatic carbocycles. The fraction of sp³-hybridized carbons (Fsp3) is 0.400. The number of anilines is 1. The third-order valence-corrected chi connectivity index (χ3v) is 4.01. The molecule has 2 N–H and O–H groups in total. The standard InChI is InChI=1S/C15H18N4OS/c1-21-9-11-4-2-3-5-12(11)16-14(20)8-13-17-15(19-18-13)10-6-7-10/h2-5,10H,6-9H2,1H3,(H,16,20)(H,17,18,19). The Morgan fingerprint density at radius 2 is 2.24 bits per heavy atom. The number of nitrogens with one attached hydrogen (secondary N) is 2. The first-order chi connectivity index (χ1) is 10.3. The third-order valence-electron chi connectivity index (χ3n) is 3.41. The number of hydrogen-bond donors (Lipinski definition) is 2. The Kier molecular flexibility index (Phi) is 4.24. The zero-order valence-electron chi connectivity index (χ0n) is 11.9. The van der Waals surface area contributed by atoms with E-state index in [1.807, 2.05) is 30.5 Å². The van der Waals surface area contributed by atoms with Crippen molar-refractivity contribution in [2.75, 3.05) is 11.6 Å². The first kappa shape index (κ1) is 14.1. The van der Waals surface area contributed by atoms with E-state index >= 15 is 0 Å². The first-order valence-corrected chi connectivity index (χ1v) is 8.43. The zero-order valence-corrected chi connectivity index (χ0v) is 12.7. The van der Waals surface area contributed by atoms with Crippen LogP contribution in [0.1, 0.15) is 36.0 Å². The van der Waals surface area contributed by atoms with Crippen LogP contribution in [0.3, 0.4) is 0 Å². The van der Waals surface area contributed by atoms with Gasteiger partial charge in [-0.25, -0.2) is 4.98 Å². The summed E-state index contributed by atoms with van der Waals surface area (Å²) < 4.78 is 0. The van der Waals surface area contributed by atoms with Gasteiger partial charge in [0.2, 0.25) is 5.91 Å². The number of hydrogen-bond acceptors (Lipinski definition) is 4. The van der Waals surface area contributed by atoms with Crippen LogP contribution in [0.15, 0.2) is 24.3 Å². The summed E-state index contributed by atoms with van der Waals surface area (Å²) >= 11 is 1.73. The second-order valence-electron chi connectivity index (χ2n) is 5.23. The second-order valence-corrected chi connectivity index (χ2v) is 6.10. The number of nitrogens with zero attached hydrogens (tertiary/aromatic N) is 2. The lowest BCUT2D eigenvalue weighted by Gasteiger charge is -2.09. The Balaban J connectivity index is 1.62. The number of rotatable bonds is 6. The topological polar surface area (TPSA) is 70.7 Å². The maximum absolute atomic E-state index is 12.1. The van der Waals surface area contributed by atoms with E-state index in [-0.39, 0.29) is 12.3 Å². The summed E-state index contributed by atoms with van der Waals surface area (Å²) in [5.41, 5.74) is 2.01. The van der Waals surface area contributed by atoms with Crippen LogP contribution in [-0.2, 0) is 17.0 Å². The number of H-pyrrole nitrogens is 1. The van der Waals surface area contributed by atoms with E-state index in [1.165, 1.54) is 0 Å². The normalized spacial score (nSPS) is 14.1. The molecule has 1 amide bonds. The van der Waals surface area contributed by atoms with Crippen LogP contribution in [0, 0.1) is 0 Å². The van der Waals surface area contributed by atoms with Crippen LogP contribution >= 0.6 is 11.8 Å². The molecule has 1 aromatic carbocycles. The maximum Gasteiger partial charge on any atom is 0.232 e. The van der Waals surface area contributed by atoms with Gasteiger partial charge in [0.15, 0.2) is 5.82 Å². The van der Waals surface area contributed by atoms with Gasteiger partial charge < -0.3 is 5.32 Å². The predicted octanol–water partition coefficient (Wildman–Crippen LogP) is 2.73. The molecule has 0 atom stereocenters. The second kappa shape index (κ2) is 6.30. The molecular formula is C15H18N4OS. The van der Waals surface area contributed by atoms with Gasteiger partial charge in [0, 0.05) is 17.4 Å². The molecule has 0 saturated heterocycles. The Morgan fingerprint density at radius 3 is 3.00 bits per heavy atom. The Morgan fingerprint density at radius 1 is 1.43 bits per heavy atom. The Hall–Kier alpha value is -1.82. The van der Waals surface area contributed by atoms with Gasteiger partial charge in [-0.2, -0.15) is 16.9 Å². The summed E-state index contributed by atoms with van der Waals surface area (Å²) in [5, 5.41) is 9.98. The van der Waals surface area contributed by atoms with Crippen molar-refractivity contribution in [1.29, 1.82) is 0 Å². The number of para-hydroxylation sites is 1. The number of benzene rings is 1. The van der Waals surface area contributed by atoms with Crippen molar-refractivity contribution in [2.45, 2.75) is 30.9 Å². The molecule has 21 heavy (non-hydrogen) atoms. The van der Waals surface area contributed by atoms with Crippen LogP contribution in [0.2, 0.25) is 0 Å². The number of amides is 1. The molecule has 0 radical (unpaired) electrons. The average molecular weight is 302 g/mol. The Labute approximate surface area is 127 Å². The van der Waals surface area contributed by atoms with Gasteiger partial charge in [-0.1, -0.05) is 18.2 Å². The van der Waals surface area contributed by atoms with Crippen molar-refractivity contribution >= 4 is 23.4 Å². The Bertz CT molecular complexity index is 636. The summed E-state index contributed by atoms with van der Waals surface area (Å²) in [6.07, 6.45) is 4.59. The van der Waals surface area contributed by atoms with E-state index in [9.17, 15) is 4.79 Å². The lowest BCUT2D eigenvalue weighted by molar-refractivity contribution is -0.115. The number of carbonyl (C=O) groups excluding carboxylic acids is 1. The van der Waals surface area contributed by atoms with Gasteiger partial charge >= 0.3 is 0 Å². The lowest BCUT2D eigenvalue weighted by atomic mass is 10.2. The van der Waals surface area contributed by atoms with Crippen LogP contribution in [-0.4, -0.2) is 27.3 Å². The number of aromatic amines is 1. The van der Waals surface area contributed by atoms with Crippen molar-refractivity contribution in [3.05, 3.63) is 41.5 Å². The van der Waals surface area contributed by atoms with Crippen LogP contribution < -0.4 is 5.32 Å². The SMILES string of the molecule is CSCc1ccccc1NC(=O)Cc1nc(C2CC2)n[nH]1. The highest BCUT2D eigenvalue weighted by atomic mass is 32.2. The minimum atomic E-state index is -0.0675. The smallest absolute Gasteiger partial charge is 0.232 e.